The molecule has 104 valence electrons. The molecular formula is C15H23N3S. The molecule has 0 spiro atoms. The molecule has 19 heavy (non-hydrogen) atoms. The third-order valence-corrected chi connectivity index (χ3v) is 6.40. The van der Waals surface area contributed by atoms with Gasteiger partial charge in [-0.1, -0.05) is 0 Å². The first-order valence-electron chi connectivity index (χ1n) is 7.58. The quantitative estimate of drug-likeness (QED) is 0.920. The van der Waals surface area contributed by atoms with Gasteiger partial charge >= 0.3 is 0 Å². The first kappa shape index (κ1) is 12.3. The lowest BCUT2D eigenvalue weighted by molar-refractivity contribution is 0.0872. The zero-order valence-electron chi connectivity index (χ0n) is 11.9. The summed E-state index contributed by atoms with van der Waals surface area (Å²) in [6, 6.07) is 2.27. The summed E-state index contributed by atoms with van der Waals surface area (Å²) in [4.78, 5) is 7.46. The highest BCUT2D eigenvalue weighted by Crippen LogP contribution is 2.47. The predicted octanol–water partition coefficient (Wildman–Crippen LogP) is 2.66. The smallest absolute Gasteiger partial charge is 0.113 e. The van der Waals surface area contributed by atoms with Gasteiger partial charge in [-0.05, 0) is 52.5 Å². The summed E-state index contributed by atoms with van der Waals surface area (Å²) >= 11 is 1.87. The summed E-state index contributed by atoms with van der Waals surface area (Å²) in [6.45, 7) is 2.12. The Morgan fingerprint density at radius 2 is 1.95 bits per heavy atom. The Bertz CT molecular complexity index is 465. The second-order valence-electron chi connectivity index (χ2n) is 6.75. The molecule has 0 amide bonds. The molecule has 1 aromatic heterocycles. The van der Waals surface area contributed by atoms with Gasteiger partial charge in [0.15, 0.2) is 0 Å². The number of rotatable bonds is 3. The van der Waals surface area contributed by atoms with Crippen molar-refractivity contribution in [1.82, 2.24) is 15.2 Å². The van der Waals surface area contributed by atoms with Crippen molar-refractivity contribution in [2.45, 2.75) is 69.1 Å². The van der Waals surface area contributed by atoms with E-state index in [1.54, 1.807) is 0 Å². The Morgan fingerprint density at radius 3 is 2.47 bits per heavy atom. The fourth-order valence-electron chi connectivity index (χ4n) is 4.02. The molecule has 1 aromatic rings. The van der Waals surface area contributed by atoms with Crippen LogP contribution in [0.2, 0.25) is 0 Å². The first-order valence-corrected chi connectivity index (χ1v) is 8.46. The van der Waals surface area contributed by atoms with E-state index in [-0.39, 0.29) is 5.54 Å². The second kappa shape index (κ2) is 4.27. The van der Waals surface area contributed by atoms with Crippen LogP contribution in [0.4, 0.5) is 0 Å². The molecule has 2 unspecified atom stereocenters. The van der Waals surface area contributed by atoms with Crippen LogP contribution in [-0.4, -0.2) is 35.1 Å². The van der Waals surface area contributed by atoms with E-state index in [0.717, 1.165) is 18.1 Å². The Morgan fingerprint density at radius 1 is 1.26 bits per heavy atom. The number of nitrogens with zero attached hydrogens (tertiary/aromatic N) is 2. The normalized spacial score (nSPS) is 38.8. The van der Waals surface area contributed by atoms with Crippen molar-refractivity contribution in [3.63, 3.8) is 0 Å². The van der Waals surface area contributed by atoms with Gasteiger partial charge < -0.3 is 10.2 Å². The Labute approximate surface area is 119 Å². The molecule has 2 aliphatic heterocycles. The van der Waals surface area contributed by atoms with Crippen LogP contribution in [0.1, 0.15) is 49.2 Å². The Kier molecular flexibility index (Phi) is 2.77. The molecule has 3 aliphatic rings. The maximum Gasteiger partial charge on any atom is 0.113 e. The number of nitrogens with one attached hydrogen (secondary N) is 1. The molecule has 1 saturated carbocycles. The van der Waals surface area contributed by atoms with Crippen LogP contribution in [0.15, 0.2) is 5.38 Å². The molecule has 2 saturated heterocycles. The summed E-state index contributed by atoms with van der Waals surface area (Å²) in [7, 11) is 2.32. The highest BCUT2D eigenvalue weighted by Gasteiger charge is 2.50. The highest BCUT2D eigenvalue weighted by molar-refractivity contribution is 7.09. The maximum atomic E-state index is 4.85. The van der Waals surface area contributed by atoms with E-state index in [1.165, 1.54) is 49.2 Å². The summed E-state index contributed by atoms with van der Waals surface area (Å²) in [6.07, 6.45) is 7.97. The molecule has 0 radical (unpaired) electrons. The molecule has 3 fully saturated rings. The maximum absolute atomic E-state index is 4.85. The summed E-state index contributed by atoms with van der Waals surface area (Å²) in [5.74, 6) is 0. The van der Waals surface area contributed by atoms with E-state index in [2.05, 4.69) is 29.6 Å². The Hall–Kier alpha value is -0.450. The van der Waals surface area contributed by atoms with E-state index in [1.807, 2.05) is 11.3 Å². The topological polar surface area (TPSA) is 28.2 Å². The fraction of sp³-hybridized carbons (Fsp3) is 0.800. The monoisotopic (exact) mass is 277 g/mol. The van der Waals surface area contributed by atoms with Gasteiger partial charge in [-0.15, -0.1) is 11.3 Å². The average Bonchev–Trinajstić information content (AvgIpc) is 3.05. The average molecular weight is 277 g/mol. The number of aromatic nitrogens is 1. The SMILES string of the molecule is Cc1csc(C2(NC3CC3)CC3CCC(C2)N3C)n1. The molecule has 1 N–H and O–H groups in total. The van der Waals surface area contributed by atoms with Gasteiger partial charge in [0.25, 0.3) is 0 Å². The minimum Gasteiger partial charge on any atom is -0.302 e. The third kappa shape index (κ3) is 2.05. The van der Waals surface area contributed by atoms with Crippen LogP contribution in [0, 0.1) is 6.92 Å². The molecule has 4 heteroatoms. The molecule has 0 aromatic carbocycles. The van der Waals surface area contributed by atoms with Crippen molar-refractivity contribution in [2.24, 2.45) is 0 Å². The lowest BCUT2D eigenvalue weighted by atomic mass is 9.83. The van der Waals surface area contributed by atoms with Gasteiger partial charge in [0.2, 0.25) is 0 Å². The lowest BCUT2D eigenvalue weighted by Crippen LogP contribution is -2.55. The standard InChI is InChI=1S/C15H23N3S/c1-10-9-19-14(16-10)15(17-11-3-4-11)7-12-5-6-13(8-15)18(12)2/h9,11-13,17H,3-8H2,1-2H3. The second-order valence-corrected chi connectivity index (χ2v) is 7.61. The van der Waals surface area contributed by atoms with Gasteiger partial charge in [0, 0.05) is 29.2 Å². The Balaban J connectivity index is 1.68. The van der Waals surface area contributed by atoms with E-state index >= 15 is 0 Å². The van der Waals surface area contributed by atoms with Gasteiger partial charge in [-0.25, -0.2) is 4.98 Å². The van der Waals surface area contributed by atoms with Crippen LogP contribution in [-0.2, 0) is 5.54 Å². The predicted molar refractivity (Wildman–Crippen MR) is 78.5 cm³/mol. The van der Waals surface area contributed by atoms with E-state index in [9.17, 15) is 0 Å². The van der Waals surface area contributed by atoms with Crippen molar-refractivity contribution in [2.75, 3.05) is 7.05 Å². The zero-order chi connectivity index (χ0) is 13.0. The number of thiazole rings is 1. The van der Waals surface area contributed by atoms with Crippen LogP contribution >= 0.6 is 11.3 Å². The molecule has 3 nitrogen and oxygen atoms in total. The first-order chi connectivity index (χ1) is 9.16. The number of fused-ring (bicyclic) bond motifs is 2. The number of hydrogen-bond donors (Lipinski definition) is 1. The highest BCUT2D eigenvalue weighted by atomic mass is 32.1. The molecular weight excluding hydrogens is 254 g/mol. The van der Waals surface area contributed by atoms with Crippen molar-refractivity contribution >= 4 is 11.3 Å². The van der Waals surface area contributed by atoms with Gasteiger partial charge in [0.05, 0.1) is 5.54 Å². The van der Waals surface area contributed by atoms with Crippen LogP contribution < -0.4 is 5.32 Å². The zero-order valence-corrected chi connectivity index (χ0v) is 12.7. The van der Waals surface area contributed by atoms with Crippen molar-refractivity contribution in [3.8, 4) is 0 Å². The van der Waals surface area contributed by atoms with Crippen molar-refractivity contribution < 1.29 is 0 Å². The largest absolute Gasteiger partial charge is 0.302 e. The minimum atomic E-state index is 0.179. The summed E-state index contributed by atoms with van der Waals surface area (Å²) < 4.78 is 0. The third-order valence-electron chi connectivity index (χ3n) is 5.24. The van der Waals surface area contributed by atoms with E-state index < -0.39 is 0 Å². The molecule has 3 heterocycles. The van der Waals surface area contributed by atoms with E-state index in [4.69, 9.17) is 4.98 Å². The van der Waals surface area contributed by atoms with Gasteiger partial charge in [-0.3, -0.25) is 0 Å². The number of piperidine rings is 1. The van der Waals surface area contributed by atoms with Gasteiger partial charge in [-0.2, -0.15) is 0 Å². The fourth-order valence-corrected chi connectivity index (χ4v) is 5.00. The van der Waals surface area contributed by atoms with Crippen molar-refractivity contribution in [3.05, 3.63) is 16.1 Å². The van der Waals surface area contributed by atoms with E-state index in [0.29, 0.717) is 0 Å². The van der Waals surface area contributed by atoms with Gasteiger partial charge in [0.1, 0.15) is 5.01 Å². The minimum absolute atomic E-state index is 0.179. The lowest BCUT2D eigenvalue weighted by Gasteiger charge is -2.45. The molecule has 2 bridgehead atoms. The van der Waals surface area contributed by atoms with Crippen molar-refractivity contribution in [1.29, 1.82) is 0 Å². The van der Waals surface area contributed by atoms with Crippen LogP contribution in [0.5, 0.6) is 0 Å². The number of hydrogen-bond acceptors (Lipinski definition) is 4. The summed E-state index contributed by atoms with van der Waals surface area (Å²) in [5, 5.41) is 7.54. The van der Waals surface area contributed by atoms with Crippen LogP contribution in [0.3, 0.4) is 0 Å². The number of aryl methyl sites for hydroxylation is 1. The van der Waals surface area contributed by atoms with Crippen LogP contribution in [0.25, 0.3) is 0 Å². The molecule has 1 aliphatic carbocycles. The molecule has 4 rings (SSSR count). The molecule has 2 atom stereocenters. The summed E-state index contributed by atoms with van der Waals surface area (Å²) in [5.41, 5.74) is 1.36.